The predicted octanol–water partition coefficient (Wildman–Crippen LogP) is 3.66. The summed E-state index contributed by atoms with van der Waals surface area (Å²) in [6.45, 7) is 7.27. The molecule has 1 fully saturated rings. The van der Waals surface area contributed by atoms with Gasteiger partial charge in [-0.3, -0.25) is 4.79 Å². The van der Waals surface area contributed by atoms with Crippen LogP contribution in [0.4, 0.5) is 0 Å². The van der Waals surface area contributed by atoms with Gasteiger partial charge in [0.25, 0.3) is 14.2 Å². The number of ether oxygens (including phenoxy) is 2. The van der Waals surface area contributed by atoms with Crippen molar-refractivity contribution in [3.05, 3.63) is 72.8 Å². The maximum atomic E-state index is 12.6. The SMILES string of the molecule is CN(C)C(=O)[C@H]1C/C=C\C[C@@H]2O[C@H](CCO[Si](c3ccccc3)(c3ccccc3)C(C)(C)C)[C@@H](O)C[C@@H]2O1. The zero-order valence-electron chi connectivity index (χ0n) is 23.4. The Morgan fingerprint density at radius 2 is 1.53 bits per heavy atom. The van der Waals surface area contributed by atoms with Crippen LogP contribution in [0.25, 0.3) is 0 Å². The van der Waals surface area contributed by atoms with E-state index in [1.165, 1.54) is 10.4 Å². The zero-order chi connectivity index (χ0) is 27.3. The fraction of sp³-hybridized carbons (Fsp3) is 0.516. The van der Waals surface area contributed by atoms with Crippen molar-refractivity contribution < 1.29 is 23.8 Å². The molecule has 2 heterocycles. The molecule has 2 aromatic carbocycles. The second-order valence-electron chi connectivity index (χ2n) is 11.7. The molecule has 0 bridgehead atoms. The molecule has 4 rings (SSSR count). The molecule has 1 saturated heterocycles. The van der Waals surface area contributed by atoms with E-state index in [4.69, 9.17) is 13.9 Å². The number of carbonyl (C=O) groups excluding carboxylic acids is 1. The van der Waals surface area contributed by atoms with Crippen LogP contribution in [0.5, 0.6) is 0 Å². The number of fused-ring (bicyclic) bond motifs is 1. The van der Waals surface area contributed by atoms with Crippen LogP contribution in [0.3, 0.4) is 0 Å². The maximum absolute atomic E-state index is 12.6. The summed E-state index contributed by atoms with van der Waals surface area (Å²) in [6, 6.07) is 21.2. The molecule has 0 aromatic heterocycles. The van der Waals surface area contributed by atoms with E-state index in [1.54, 1.807) is 19.0 Å². The smallest absolute Gasteiger partial charge is 0.261 e. The molecule has 0 saturated carbocycles. The van der Waals surface area contributed by atoms with Gasteiger partial charge in [0.1, 0.15) is 6.10 Å². The molecule has 2 aromatic rings. The van der Waals surface area contributed by atoms with Gasteiger partial charge in [0.15, 0.2) is 0 Å². The van der Waals surface area contributed by atoms with E-state index in [-0.39, 0.29) is 29.3 Å². The van der Waals surface area contributed by atoms with Crippen LogP contribution in [-0.2, 0) is 18.7 Å². The van der Waals surface area contributed by atoms with Gasteiger partial charge in [-0.05, 0) is 28.3 Å². The third-order valence-corrected chi connectivity index (χ3v) is 12.8. The van der Waals surface area contributed by atoms with Gasteiger partial charge in [-0.25, -0.2) is 0 Å². The lowest BCUT2D eigenvalue weighted by Crippen LogP contribution is -2.66. The summed E-state index contributed by atoms with van der Waals surface area (Å²) in [7, 11) is 0.819. The Morgan fingerprint density at radius 1 is 0.947 bits per heavy atom. The normalized spacial score (nSPS) is 27.1. The van der Waals surface area contributed by atoms with Gasteiger partial charge in [0, 0.05) is 33.5 Å². The molecule has 0 unspecified atom stereocenters. The van der Waals surface area contributed by atoms with Gasteiger partial charge in [-0.15, -0.1) is 0 Å². The highest BCUT2D eigenvalue weighted by Gasteiger charge is 2.50. The molecule has 2 aliphatic rings. The number of rotatable bonds is 7. The summed E-state index contributed by atoms with van der Waals surface area (Å²) < 4.78 is 19.7. The van der Waals surface area contributed by atoms with Crippen LogP contribution in [0.2, 0.25) is 5.04 Å². The van der Waals surface area contributed by atoms with Crippen molar-refractivity contribution >= 4 is 24.6 Å². The van der Waals surface area contributed by atoms with E-state index in [2.05, 4.69) is 75.4 Å². The first kappa shape index (κ1) is 28.7. The van der Waals surface area contributed by atoms with E-state index in [0.29, 0.717) is 32.3 Å². The van der Waals surface area contributed by atoms with E-state index in [9.17, 15) is 9.90 Å². The summed E-state index contributed by atoms with van der Waals surface area (Å²) in [4.78, 5) is 14.1. The highest BCUT2D eigenvalue weighted by Crippen LogP contribution is 2.37. The van der Waals surface area contributed by atoms with Crippen LogP contribution in [-0.4, -0.2) is 75.5 Å². The molecule has 1 amide bonds. The van der Waals surface area contributed by atoms with E-state index in [1.807, 2.05) is 18.2 Å². The molecular formula is C31H43NO5Si. The van der Waals surface area contributed by atoms with Gasteiger partial charge in [0.05, 0.1) is 24.4 Å². The molecule has 2 aliphatic heterocycles. The fourth-order valence-electron chi connectivity index (χ4n) is 5.81. The van der Waals surface area contributed by atoms with Gasteiger partial charge in [-0.2, -0.15) is 0 Å². The molecule has 0 aliphatic carbocycles. The Bertz CT molecular complexity index is 1030. The minimum atomic E-state index is -2.65. The van der Waals surface area contributed by atoms with Crippen LogP contribution in [0.15, 0.2) is 72.8 Å². The second-order valence-corrected chi connectivity index (χ2v) is 16.0. The number of nitrogens with zero attached hydrogens (tertiary/aromatic N) is 1. The lowest BCUT2D eigenvalue weighted by molar-refractivity contribution is -0.201. The number of carbonyl (C=O) groups is 1. The van der Waals surface area contributed by atoms with Gasteiger partial charge in [0.2, 0.25) is 0 Å². The predicted molar refractivity (Wildman–Crippen MR) is 153 cm³/mol. The summed E-state index contributed by atoms with van der Waals surface area (Å²) >= 11 is 0. The molecule has 7 heteroatoms. The first-order valence-electron chi connectivity index (χ1n) is 13.7. The lowest BCUT2D eigenvalue weighted by atomic mass is 9.93. The molecule has 38 heavy (non-hydrogen) atoms. The van der Waals surface area contributed by atoms with Crippen molar-refractivity contribution in [1.29, 1.82) is 0 Å². The average molecular weight is 538 g/mol. The number of amides is 1. The Labute approximate surface area is 228 Å². The molecule has 6 nitrogen and oxygen atoms in total. The van der Waals surface area contributed by atoms with Crippen LogP contribution in [0.1, 0.15) is 46.5 Å². The molecule has 5 atom stereocenters. The van der Waals surface area contributed by atoms with Crippen molar-refractivity contribution in [3.63, 3.8) is 0 Å². The minimum Gasteiger partial charge on any atom is -0.407 e. The van der Waals surface area contributed by atoms with Gasteiger partial charge in [-0.1, -0.05) is 93.6 Å². The third-order valence-electron chi connectivity index (χ3n) is 7.75. The summed E-state index contributed by atoms with van der Waals surface area (Å²) in [6.07, 6.45) is 4.22. The van der Waals surface area contributed by atoms with E-state index >= 15 is 0 Å². The molecule has 206 valence electrons. The van der Waals surface area contributed by atoms with Crippen molar-refractivity contribution in [1.82, 2.24) is 4.90 Å². The molecule has 0 radical (unpaired) electrons. The van der Waals surface area contributed by atoms with Crippen molar-refractivity contribution in [2.45, 2.75) is 82.0 Å². The Hall–Kier alpha value is -2.29. The minimum absolute atomic E-state index is 0.0642. The first-order valence-corrected chi connectivity index (χ1v) is 15.6. The quantitative estimate of drug-likeness (QED) is 0.431. The second kappa shape index (κ2) is 12.3. The average Bonchev–Trinajstić information content (AvgIpc) is 2.88. The number of benzene rings is 2. The zero-order valence-corrected chi connectivity index (χ0v) is 24.4. The largest absolute Gasteiger partial charge is 0.407 e. The Balaban J connectivity index is 1.50. The van der Waals surface area contributed by atoms with Crippen LogP contribution >= 0.6 is 0 Å². The number of aliphatic hydroxyl groups excluding tert-OH is 1. The van der Waals surface area contributed by atoms with Crippen molar-refractivity contribution in [3.8, 4) is 0 Å². The lowest BCUT2D eigenvalue weighted by Gasteiger charge is -2.44. The Morgan fingerprint density at radius 3 is 2.08 bits per heavy atom. The third kappa shape index (κ3) is 6.13. The van der Waals surface area contributed by atoms with Crippen molar-refractivity contribution in [2.75, 3.05) is 20.7 Å². The van der Waals surface area contributed by atoms with Crippen molar-refractivity contribution in [2.24, 2.45) is 0 Å². The van der Waals surface area contributed by atoms with Crippen LogP contribution in [0, 0.1) is 0 Å². The monoisotopic (exact) mass is 537 g/mol. The number of hydrogen-bond donors (Lipinski definition) is 1. The van der Waals surface area contributed by atoms with Gasteiger partial charge < -0.3 is 23.9 Å². The number of aliphatic hydroxyl groups is 1. The maximum Gasteiger partial charge on any atom is 0.261 e. The van der Waals surface area contributed by atoms with E-state index < -0.39 is 20.5 Å². The summed E-state index contributed by atoms with van der Waals surface area (Å²) in [5.41, 5.74) is 0. The standard InChI is InChI=1S/C31H43NO5Si/c1-31(2,3)38(23-14-8-6-9-15-23,24-16-10-7-11-17-24)35-21-20-26-25(33)22-29-27(36-26)18-12-13-19-28(37-29)30(34)32(4)5/h6-17,25-29,33H,18-22H2,1-5H3/b13-12-/t25-,26+,27-,28+,29-/m0/s1. The summed E-state index contributed by atoms with van der Waals surface area (Å²) in [5.74, 6) is -0.0642. The fourth-order valence-corrected chi connectivity index (χ4v) is 10.4. The molecule has 0 spiro atoms. The van der Waals surface area contributed by atoms with Gasteiger partial charge >= 0.3 is 0 Å². The Kier molecular flexibility index (Phi) is 9.26. The topological polar surface area (TPSA) is 68.2 Å². The molecular weight excluding hydrogens is 494 g/mol. The number of likely N-dealkylation sites (N-methyl/N-ethyl adjacent to an activating group) is 1. The summed E-state index contributed by atoms with van der Waals surface area (Å²) in [5, 5.41) is 13.4. The highest BCUT2D eigenvalue weighted by atomic mass is 28.4. The van der Waals surface area contributed by atoms with Crippen LogP contribution < -0.4 is 10.4 Å². The highest BCUT2D eigenvalue weighted by molar-refractivity contribution is 6.99. The first-order chi connectivity index (χ1) is 18.1. The number of hydrogen-bond acceptors (Lipinski definition) is 5. The molecule has 1 N–H and O–H groups in total. The van der Waals surface area contributed by atoms with E-state index in [0.717, 1.165) is 0 Å².